The molecule has 0 aliphatic carbocycles. The molecule has 1 unspecified atom stereocenters. The van der Waals surface area contributed by atoms with Crippen molar-refractivity contribution in [1.29, 1.82) is 5.26 Å². The van der Waals surface area contributed by atoms with E-state index in [1.54, 1.807) is 12.4 Å². The summed E-state index contributed by atoms with van der Waals surface area (Å²) in [6, 6.07) is 5.83. The quantitative estimate of drug-likeness (QED) is 0.715. The van der Waals surface area contributed by atoms with Crippen LogP contribution in [0.2, 0.25) is 0 Å². The Labute approximate surface area is 145 Å². The van der Waals surface area contributed by atoms with Crippen LogP contribution < -0.4 is 0 Å². The smallest absolute Gasteiger partial charge is 0.163 e. The van der Waals surface area contributed by atoms with Crippen LogP contribution in [0.3, 0.4) is 0 Å². The summed E-state index contributed by atoms with van der Waals surface area (Å²) < 4.78 is 9.91. The Kier molecular flexibility index (Phi) is 4.17. The van der Waals surface area contributed by atoms with Crippen molar-refractivity contribution in [1.82, 2.24) is 29.0 Å². The zero-order valence-electron chi connectivity index (χ0n) is 14.0. The van der Waals surface area contributed by atoms with Crippen molar-refractivity contribution in [2.75, 3.05) is 19.7 Å². The third kappa shape index (κ3) is 2.99. The summed E-state index contributed by atoms with van der Waals surface area (Å²) in [4.78, 5) is 6.75. The number of pyridine rings is 1. The van der Waals surface area contributed by atoms with E-state index in [-0.39, 0.29) is 6.10 Å². The molecular formula is C17H19N7O. The molecule has 0 N–H and O–H groups in total. The fourth-order valence-corrected chi connectivity index (χ4v) is 3.20. The van der Waals surface area contributed by atoms with E-state index in [0.717, 1.165) is 43.3 Å². The van der Waals surface area contributed by atoms with E-state index in [0.29, 0.717) is 12.2 Å². The van der Waals surface area contributed by atoms with Crippen LogP contribution in [0.1, 0.15) is 30.1 Å². The van der Waals surface area contributed by atoms with Gasteiger partial charge in [-0.2, -0.15) is 5.26 Å². The highest BCUT2D eigenvalue weighted by Crippen LogP contribution is 2.22. The molecule has 0 spiro atoms. The van der Waals surface area contributed by atoms with Crippen molar-refractivity contribution in [2.24, 2.45) is 0 Å². The van der Waals surface area contributed by atoms with Crippen molar-refractivity contribution in [3.63, 3.8) is 0 Å². The van der Waals surface area contributed by atoms with Gasteiger partial charge < -0.3 is 13.7 Å². The van der Waals surface area contributed by atoms with Gasteiger partial charge in [0.15, 0.2) is 5.82 Å². The van der Waals surface area contributed by atoms with Crippen molar-refractivity contribution in [2.45, 2.75) is 26.1 Å². The van der Waals surface area contributed by atoms with E-state index in [4.69, 9.17) is 10.00 Å². The minimum Gasteiger partial charge on any atom is -0.368 e. The van der Waals surface area contributed by atoms with Gasteiger partial charge >= 0.3 is 0 Å². The number of morpholine rings is 1. The summed E-state index contributed by atoms with van der Waals surface area (Å²) in [5, 5.41) is 17.3. The number of aromatic nitrogens is 5. The van der Waals surface area contributed by atoms with Crippen LogP contribution in [0.25, 0.3) is 5.65 Å². The summed E-state index contributed by atoms with van der Waals surface area (Å²) in [6.45, 7) is 5.90. The van der Waals surface area contributed by atoms with Crippen molar-refractivity contribution in [3.05, 3.63) is 47.9 Å². The zero-order valence-corrected chi connectivity index (χ0v) is 14.0. The maximum atomic E-state index is 9.11. The third-order valence-electron chi connectivity index (χ3n) is 4.52. The molecule has 128 valence electrons. The lowest BCUT2D eigenvalue weighted by Gasteiger charge is -2.32. The molecular weight excluding hydrogens is 318 g/mol. The zero-order chi connectivity index (χ0) is 17.2. The van der Waals surface area contributed by atoms with Crippen molar-refractivity contribution >= 4 is 5.65 Å². The lowest BCUT2D eigenvalue weighted by molar-refractivity contribution is -0.0392. The molecule has 0 amide bonds. The normalized spacial score (nSPS) is 18.5. The molecule has 1 aliphatic rings. The number of hydrogen-bond acceptors (Lipinski definition) is 6. The summed E-state index contributed by atoms with van der Waals surface area (Å²) in [5.41, 5.74) is 2.54. The van der Waals surface area contributed by atoms with Gasteiger partial charge in [-0.1, -0.05) is 0 Å². The number of fused-ring (bicyclic) bond motifs is 1. The molecule has 3 aromatic heterocycles. The van der Waals surface area contributed by atoms with Crippen LogP contribution in [-0.2, 0) is 17.8 Å². The molecule has 4 heterocycles. The molecule has 25 heavy (non-hydrogen) atoms. The second-order valence-electron chi connectivity index (χ2n) is 6.08. The average Bonchev–Trinajstić information content (AvgIpc) is 3.28. The number of imidazole rings is 1. The Balaban J connectivity index is 1.54. The van der Waals surface area contributed by atoms with E-state index in [1.807, 2.05) is 27.4 Å². The summed E-state index contributed by atoms with van der Waals surface area (Å²) >= 11 is 0. The highest BCUT2D eigenvalue weighted by molar-refractivity contribution is 5.44. The third-order valence-corrected chi connectivity index (χ3v) is 4.52. The van der Waals surface area contributed by atoms with Crippen LogP contribution in [0.5, 0.6) is 0 Å². The number of nitrogens with zero attached hydrogens (tertiary/aromatic N) is 7. The minimum absolute atomic E-state index is 0.0787. The molecule has 1 saturated heterocycles. The minimum atomic E-state index is -0.0787. The monoisotopic (exact) mass is 337 g/mol. The Morgan fingerprint density at radius 3 is 3.16 bits per heavy atom. The first-order valence-corrected chi connectivity index (χ1v) is 8.36. The first-order valence-electron chi connectivity index (χ1n) is 8.36. The van der Waals surface area contributed by atoms with E-state index in [2.05, 4.69) is 33.1 Å². The molecule has 1 fully saturated rings. The topological polar surface area (TPSA) is 84.3 Å². The van der Waals surface area contributed by atoms with Gasteiger partial charge in [-0.05, 0) is 19.1 Å². The molecule has 0 aromatic carbocycles. The highest BCUT2D eigenvalue weighted by atomic mass is 16.5. The number of nitriles is 1. The van der Waals surface area contributed by atoms with Gasteiger partial charge in [-0.25, -0.2) is 4.98 Å². The van der Waals surface area contributed by atoms with E-state index < -0.39 is 0 Å². The Morgan fingerprint density at radius 2 is 2.32 bits per heavy atom. The van der Waals surface area contributed by atoms with Crippen LogP contribution in [-0.4, -0.2) is 48.7 Å². The van der Waals surface area contributed by atoms with Crippen LogP contribution in [0.4, 0.5) is 0 Å². The average molecular weight is 337 g/mol. The second-order valence-corrected chi connectivity index (χ2v) is 6.08. The summed E-state index contributed by atoms with van der Waals surface area (Å²) in [7, 11) is 0. The molecule has 8 nitrogen and oxygen atoms in total. The largest absolute Gasteiger partial charge is 0.368 e. The summed E-state index contributed by atoms with van der Waals surface area (Å²) in [5.74, 6) is 0.872. The number of rotatable bonds is 4. The Bertz CT molecular complexity index is 923. The van der Waals surface area contributed by atoms with Crippen molar-refractivity contribution in [3.8, 4) is 6.07 Å². The van der Waals surface area contributed by atoms with Gasteiger partial charge in [0.1, 0.15) is 24.1 Å². The first-order chi connectivity index (χ1) is 12.3. The van der Waals surface area contributed by atoms with Crippen LogP contribution in [0, 0.1) is 11.3 Å². The molecule has 0 saturated carbocycles. The molecule has 0 bridgehead atoms. The van der Waals surface area contributed by atoms with Crippen LogP contribution in [0.15, 0.2) is 30.9 Å². The standard InChI is InChI=1S/C17H19N7O/c1-2-23-12-20-21-17(23)15-11-22(5-6-25-15)10-14-8-19-16-4-3-13(7-18)9-24(14)16/h3-4,8-9,12,15H,2,5-6,10-11H2,1H3. The Morgan fingerprint density at radius 1 is 1.40 bits per heavy atom. The van der Waals surface area contributed by atoms with Gasteiger partial charge in [-0.15, -0.1) is 10.2 Å². The lowest BCUT2D eigenvalue weighted by atomic mass is 10.2. The SMILES string of the molecule is CCn1cnnc1C1CN(Cc2cnc3ccc(C#N)cn23)CCO1. The predicted octanol–water partition coefficient (Wildman–Crippen LogP) is 1.39. The van der Waals surface area contributed by atoms with Gasteiger partial charge in [0.2, 0.25) is 0 Å². The van der Waals surface area contributed by atoms with Gasteiger partial charge in [0.05, 0.1) is 24.1 Å². The lowest BCUT2D eigenvalue weighted by Crippen LogP contribution is -2.39. The first kappa shape index (κ1) is 15.7. The van der Waals surface area contributed by atoms with E-state index in [9.17, 15) is 0 Å². The number of hydrogen-bond donors (Lipinski definition) is 0. The number of aryl methyl sites for hydroxylation is 1. The second kappa shape index (κ2) is 6.63. The molecule has 4 rings (SSSR count). The fraction of sp³-hybridized carbons (Fsp3) is 0.412. The maximum absolute atomic E-state index is 9.11. The van der Waals surface area contributed by atoms with Crippen molar-refractivity contribution < 1.29 is 4.74 Å². The molecule has 1 aliphatic heterocycles. The van der Waals surface area contributed by atoms with E-state index >= 15 is 0 Å². The van der Waals surface area contributed by atoms with E-state index in [1.165, 1.54) is 0 Å². The fourth-order valence-electron chi connectivity index (χ4n) is 3.20. The maximum Gasteiger partial charge on any atom is 0.163 e. The molecule has 8 heteroatoms. The van der Waals surface area contributed by atoms with Crippen LogP contribution >= 0.6 is 0 Å². The molecule has 0 radical (unpaired) electrons. The summed E-state index contributed by atoms with van der Waals surface area (Å²) in [6.07, 6.45) is 5.37. The highest BCUT2D eigenvalue weighted by Gasteiger charge is 2.26. The molecule has 3 aromatic rings. The Hall–Kier alpha value is -2.76. The number of ether oxygens (including phenoxy) is 1. The predicted molar refractivity (Wildman–Crippen MR) is 89.6 cm³/mol. The molecule has 1 atom stereocenters. The van der Waals surface area contributed by atoms with Gasteiger partial charge in [0, 0.05) is 32.4 Å². The van der Waals surface area contributed by atoms with Gasteiger partial charge in [0.25, 0.3) is 0 Å². The van der Waals surface area contributed by atoms with Gasteiger partial charge in [-0.3, -0.25) is 4.90 Å².